The number of carboxylic acid groups (broad SMARTS) is 1. The summed E-state index contributed by atoms with van der Waals surface area (Å²) in [7, 11) is 0. The first kappa shape index (κ1) is 14.2. The lowest BCUT2D eigenvalue weighted by molar-refractivity contribution is 0.0691. The van der Waals surface area contributed by atoms with Gasteiger partial charge < -0.3 is 14.7 Å². The molecular formula is C17H23NO3. The van der Waals surface area contributed by atoms with Crippen molar-refractivity contribution >= 4 is 11.7 Å². The predicted molar refractivity (Wildman–Crippen MR) is 82.2 cm³/mol. The molecule has 0 amide bonds. The van der Waals surface area contributed by atoms with E-state index in [0.717, 1.165) is 24.1 Å². The largest absolute Gasteiger partial charge is 0.489 e. The van der Waals surface area contributed by atoms with Gasteiger partial charge in [-0.05, 0) is 43.2 Å². The highest BCUT2D eigenvalue weighted by Crippen LogP contribution is 2.40. The van der Waals surface area contributed by atoms with Gasteiger partial charge in [-0.25, -0.2) is 4.79 Å². The first-order chi connectivity index (χ1) is 10.1. The van der Waals surface area contributed by atoms with E-state index < -0.39 is 5.97 Å². The molecule has 1 N–H and O–H groups in total. The van der Waals surface area contributed by atoms with Gasteiger partial charge in [0.25, 0.3) is 0 Å². The standard InChI is InChI=1S/C17H23NO3/c1-11-6-7-13(10-12(11)2)18-8-9-21-16-14(17(19)20)4-3-5-15(16)18/h3-5,11-13H,6-10H2,1-2H3,(H,19,20). The van der Waals surface area contributed by atoms with E-state index in [1.807, 2.05) is 12.1 Å². The number of anilines is 1. The Bertz CT molecular complexity index is 543. The molecule has 1 aromatic carbocycles. The Morgan fingerprint density at radius 3 is 2.81 bits per heavy atom. The molecule has 2 aliphatic rings. The Labute approximate surface area is 125 Å². The van der Waals surface area contributed by atoms with Crippen LogP contribution in [-0.2, 0) is 0 Å². The van der Waals surface area contributed by atoms with Crippen LogP contribution in [0.1, 0.15) is 43.5 Å². The Morgan fingerprint density at radius 1 is 1.29 bits per heavy atom. The number of fused-ring (bicyclic) bond motifs is 1. The summed E-state index contributed by atoms with van der Waals surface area (Å²) < 4.78 is 5.66. The molecule has 1 aliphatic heterocycles. The zero-order valence-corrected chi connectivity index (χ0v) is 12.7. The van der Waals surface area contributed by atoms with Crippen molar-refractivity contribution in [2.24, 2.45) is 11.8 Å². The lowest BCUT2D eigenvalue weighted by Gasteiger charge is -2.43. The molecule has 1 fully saturated rings. The summed E-state index contributed by atoms with van der Waals surface area (Å²) in [6, 6.07) is 5.93. The maximum atomic E-state index is 11.4. The fraction of sp³-hybridized carbons (Fsp3) is 0.588. The molecule has 4 nitrogen and oxygen atoms in total. The maximum Gasteiger partial charge on any atom is 0.339 e. The highest BCUT2D eigenvalue weighted by Gasteiger charge is 2.32. The van der Waals surface area contributed by atoms with Gasteiger partial charge in [-0.1, -0.05) is 19.9 Å². The van der Waals surface area contributed by atoms with Crippen LogP contribution in [0.5, 0.6) is 5.75 Å². The molecule has 1 heterocycles. The van der Waals surface area contributed by atoms with E-state index in [1.165, 1.54) is 19.3 Å². The van der Waals surface area contributed by atoms with E-state index >= 15 is 0 Å². The summed E-state index contributed by atoms with van der Waals surface area (Å²) in [5.74, 6) is 1.13. The average molecular weight is 289 g/mol. The molecule has 0 bridgehead atoms. The van der Waals surface area contributed by atoms with Crippen molar-refractivity contribution in [2.75, 3.05) is 18.1 Å². The highest BCUT2D eigenvalue weighted by molar-refractivity contribution is 5.93. The quantitative estimate of drug-likeness (QED) is 0.906. The van der Waals surface area contributed by atoms with Crippen molar-refractivity contribution in [3.8, 4) is 5.75 Å². The lowest BCUT2D eigenvalue weighted by Crippen LogP contribution is -2.44. The lowest BCUT2D eigenvalue weighted by atomic mass is 9.78. The van der Waals surface area contributed by atoms with Crippen LogP contribution in [0.15, 0.2) is 18.2 Å². The van der Waals surface area contributed by atoms with Gasteiger partial charge in [0.1, 0.15) is 12.2 Å². The molecular weight excluding hydrogens is 266 g/mol. The number of aromatic carboxylic acids is 1. The van der Waals surface area contributed by atoms with Crippen molar-refractivity contribution < 1.29 is 14.6 Å². The van der Waals surface area contributed by atoms with Crippen LogP contribution in [0.3, 0.4) is 0 Å². The van der Waals surface area contributed by atoms with Crippen molar-refractivity contribution in [1.29, 1.82) is 0 Å². The molecule has 114 valence electrons. The zero-order chi connectivity index (χ0) is 15.0. The van der Waals surface area contributed by atoms with Crippen LogP contribution in [0, 0.1) is 11.8 Å². The maximum absolute atomic E-state index is 11.4. The summed E-state index contributed by atoms with van der Waals surface area (Å²) in [5, 5.41) is 9.32. The van der Waals surface area contributed by atoms with E-state index in [0.29, 0.717) is 18.4 Å². The highest BCUT2D eigenvalue weighted by atomic mass is 16.5. The minimum Gasteiger partial charge on any atom is -0.489 e. The van der Waals surface area contributed by atoms with E-state index in [2.05, 4.69) is 18.7 Å². The number of para-hydroxylation sites is 1. The summed E-state index contributed by atoms with van der Waals surface area (Å²) >= 11 is 0. The molecule has 1 saturated carbocycles. The Morgan fingerprint density at radius 2 is 2.10 bits per heavy atom. The molecule has 0 aromatic heterocycles. The van der Waals surface area contributed by atoms with Gasteiger partial charge >= 0.3 is 5.97 Å². The molecule has 4 heteroatoms. The summed E-state index contributed by atoms with van der Waals surface area (Å²) in [5.41, 5.74) is 1.22. The second-order valence-corrected chi connectivity index (χ2v) is 6.42. The zero-order valence-electron chi connectivity index (χ0n) is 12.7. The van der Waals surface area contributed by atoms with Crippen LogP contribution < -0.4 is 9.64 Å². The summed E-state index contributed by atoms with van der Waals surface area (Å²) in [6.07, 6.45) is 3.61. The normalized spacial score (nSPS) is 28.7. The number of carbonyl (C=O) groups is 1. The third-order valence-electron chi connectivity index (χ3n) is 5.12. The van der Waals surface area contributed by atoms with Gasteiger partial charge in [0, 0.05) is 6.04 Å². The van der Waals surface area contributed by atoms with Crippen LogP contribution in [0.2, 0.25) is 0 Å². The van der Waals surface area contributed by atoms with Crippen LogP contribution in [0.25, 0.3) is 0 Å². The minimum absolute atomic E-state index is 0.273. The molecule has 1 aliphatic carbocycles. The number of hydrogen-bond donors (Lipinski definition) is 1. The average Bonchev–Trinajstić information content (AvgIpc) is 2.48. The fourth-order valence-corrected chi connectivity index (χ4v) is 3.62. The van der Waals surface area contributed by atoms with Gasteiger partial charge in [-0.2, -0.15) is 0 Å². The third kappa shape index (κ3) is 2.59. The molecule has 0 saturated heterocycles. The van der Waals surface area contributed by atoms with E-state index in [9.17, 15) is 9.90 Å². The molecule has 21 heavy (non-hydrogen) atoms. The molecule has 3 atom stereocenters. The number of ether oxygens (including phenoxy) is 1. The molecule has 1 aromatic rings. The molecule has 3 unspecified atom stereocenters. The minimum atomic E-state index is -0.917. The molecule has 0 spiro atoms. The second-order valence-electron chi connectivity index (χ2n) is 6.42. The Kier molecular flexibility index (Phi) is 3.79. The van der Waals surface area contributed by atoms with Gasteiger partial charge in [-0.3, -0.25) is 0 Å². The second kappa shape index (κ2) is 5.58. The first-order valence-corrected chi connectivity index (χ1v) is 7.83. The summed E-state index contributed by atoms with van der Waals surface area (Å²) in [6.45, 7) is 6.07. The van der Waals surface area contributed by atoms with Crippen molar-refractivity contribution in [2.45, 2.75) is 39.2 Å². The van der Waals surface area contributed by atoms with Crippen molar-refractivity contribution in [3.05, 3.63) is 23.8 Å². The number of nitrogens with zero attached hydrogens (tertiary/aromatic N) is 1. The van der Waals surface area contributed by atoms with Crippen molar-refractivity contribution in [1.82, 2.24) is 0 Å². The monoisotopic (exact) mass is 289 g/mol. The van der Waals surface area contributed by atoms with Gasteiger partial charge in [0.15, 0.2) is 5.75 Å². The number of carboxylic acids is 1. The number of rotatable bonds is 2. The Balaban J connectivity index is 1.91. The summed E-state index contributed by atoms with van der Waals surface area (Å²) in [4.78, 5) is 13.7. The predicted octanol–water partition coefficient (Wildman–Crippen LogP) is 3.41. The topological polar surface area (TPSA) is 49.8 Å². The smallest absolute Gasteiger partial charge is 0.339 e. The number of hydrogen-bond acceptors (Lipinski definition) is 3. The molecule has 0 radical (unpaired) electrons. The van der Waals surface area contributed by atoms with E-state index in [1.54, 1.807) is 6.07 Å². The SMILES string of the molecule is CC1CCC(N2CCOc3c(C(=O)O)cccc32)CC1C. The van der Waals surface area contributed by atoms with E-state index in [-0.39, 0.29) is 5.56 Å². The first-order valence-electron chi connectivity index (χ1n) is 7.83. The van der Waals surface area contributed by atoms with Crippen LogP contribution in [0.4, 0.5) is 5.69 Å². The van der Waals surface area contributed by atoms with Crippen LogP contribution in [-0.4, -0.2) is 30.3 Å². The molecule has 3 rings (SSSR count). The fourth-order valence-electron chi connectivity index (χ4n) is 3.62. The third-order valence-corrected chi connectivity index (χ3v) is 5.12. The van der Waals surface area contributed by atoms with Crippen LogP contribution >= 0.6 is 0 Å². The Hall–Kier alpha value is -1.71. The van der Waals surface area contributed by atoms with E-state index in [4.69, 9.17) is 4.74 Å². The van der Waals surface area contributed by atoms with Gasteiger partial charge in [0.2, 0.25) is 0 Å². The van der Waals surface area contributed by atoms with Crippen molar-refractivity contribution in [3.63, 3.8) is 0 Å². The number of benzene rings is 1. The van der Waals surface area contributed by atoms with Gasteiger partial charge in [-0.15, -0.1) is 0 Å². The van der Waals surface area contributed by atoms with Gasteiger partial charge in [0.05, 0.1) is 12.2 Å².